The number of hydrogen-bond donors (Lipinski definition) is 3. The monoisotopic (exact) mass is 809 g/mol. The van der Waals surface area contributed by atoms with E-state index in [1.165, 1.54) is 32.1 Å². The molecule has 4 N–H and O–H groups in total. The summed E-state index contributed by atoms with van der Waals surface area (Å²) in [7, 11) is 0. The Morgan fingerprint density at radius 2 is 1.59 bits per heavy atom. The molecule has 0 aliphatic carbocycles. The van der Waals surface area contributed by atoms with Crippen molar-refractivity contribution in [3.8, 4) is 12.3 Å². The number of unbranched alkanes of at least 4 members (excludes halogenated alkanes) is 6. The fourth-order valence-corrected chi connectivity index (χ4v) is 7.84. The number of terminal acetylenes is 1. The minimum atomic E-state index is -1.33. The van der Waals surface area contributed by atoms with E-state index >= 15 is 0 Å². The van der Waals surface area contributed by atoms with E-state index in [-0.39, 0.29) is 36.4 Å². The lowest BCUT2D eigenvalue weighted by molar-refractivity contribution is -0.156. The molecular weight excluding hydrogens is 737 g/mol. The van der Waals surface area contributed by atoms with Crippen molar-refractivity contribution in [2.75, 3.05) is 0 Å². The van der Waals surface area contributed by atoms with Gasteiger partial charge in [0.2, 0.25) is 5.89 Å². The predicted octanol–water partition coefficient (Wildman–Crippen LogP) is 8.82. The van der Waals surface area contributed by atoms with Gasteiger partial charge in [-0.05, 0) is 62.6 Å². The molecule has 2 saturated heterocycles. The molecule has 11 heteroatoms. The van der Waals surface area contributed by atoms with Crippen LogP contribution in [0.1, 0.15) is 181 Å². The van der Waals surface area contributed by atoms with E-state index in [0.29, 0.717) is 60.7 Å². The summed E-state index contributed by atoms with van der Waals surface area (Å²) in [5.41, 5.74) is 5.87. The van der Waals surface area contributed by atoms with Gasteiger partial charge in [0.1, 0.15) is 29.0 Å². The van der Waals surface area contributed by atoms with Crippen LogP contribution in [0.25, 0.3) is 11.1 Å². The van der Waals surface area contributed by atoms with Crippen LogP contribution in [0.15, 0.2) is 22.6 Å². The second kappa shape index (κ2) is 24.0. The molecule has 4 rings (SSSR count). The normalized spacial score (nSPS) is 26.5. The van der Waals surface area contributed by atoms with Gasteiger partial charge in [0.25, 0.3) is 0 Å². The number of cyclic esters (lactones) is 1. The number of Topliss-reactive ketones (excluding diaryl/α,β-unsaturated/α-hetero) is 3. The molecule has 1 aromatic carbocycles. The van der Waals surface area contributed by atoms with E-state index in [4.69, 9.17) is 26.0 Å². The molecule has 0 unspecified atom stereocenters. The van der Waals surface area contributed by atoms with Crippen LogP contribution < -0.4 is 5.73 Å². The molecule has 2 aliphatic heterocycles. The first-order valence-corrected chi connectivity index (χ1v) is 21.9. The van der Waals surface area contributed by atoms with Gasteiger partial charge in [-0.1, -0.05) is 85.6 Å². The second-order valence-corrected chi connectivity index (χ2v) is 17.4. The number of epoxide rings is 1. The number of oxazole rings is 1. The Morgan fingerprint density at radius 3 is 2.24 bits per heavy atom. The van der Waals surface area contributed by atoms with E-state index in [0.717, 1.165) is 50.5 Å². The molecule has 324 valence electrons. The van der Waals surface area contributed by atoms with Gasteiger partial charge in [-0.25, -0.2) is 4.98 Å². The fraction of sp³-hybridized carbons (Fsp3) is 0.723. The molecular formula is C47H72N2O9. The van der Waals surface area contributed by atoms with Gasteiger partial charge < -0.3 is 29.8 Å². The van der Waals surface area contributed by atoms with Gasteiger partial charge in [0.15, 0.2) is 5.58 Å². The number of aliphatic hydroxyl groups excluding tert-OH is 2. The van der Waals surface area contributed by atoms with Crippen molar-refractivity contribution in [1.82, 2.24) is 4.98 Å². The Balaban J connectivity index is 0.000000401. The summed E-state index contributed by atoms with van der Waals surface area (Å²) in [6.45, 7) is 11.6. The molecule has 1 aromatic heterocycles. The minimum Gasteiger partial charge on any atom is -0.457 e. The zero-order valence-corrected chi connectivity index (χ0v) is 36.2. The van der Waals surface area contributed by atoms with Crippen molar-refractivity contribution in [1.29, 1.82) is 0 Å². The van der Waals surface area contributed by atoms with Gasteiger partial charge in [-0.15, -0.1) is 12.3 Å². The Hall–Kier alpha value is -3.43. The quantitative estimate of drug-likeness (QED) is 0.0601. The maximum Gasteiger partial charge on any atom is 0.309 e. The summed E-state index contributed by atoms with van der Waals surface area (Å²) >= 11 is 0. The third kappa shape index (κ3) is 15.0. The molecule has 0 radical (unpaired) electrons. The number of rotatable bonds is 17. The van der Waals surface area contributed by atoms with Crippen molar-refractivity contribution < 1.29 is 43.3 Å². The van der Waals surface area contributed by atoms with Gasteiger partial charge in [0, 0.05) is 38.5 Å². The number of hydrogen-bond acceptors (Lipinski definition) is 11. The Kier molecular flexibility index (Phi) is 20.2. The maximum absolute atomic E-state index is 13.6. The van der Waals surface area contributed by atoms with E-state index in [2.05, 4.69) is 24.8 Å². The number of nitrogens with zero attached hydrogens (tertiary/aromatic N) is 1. The molecule has 2 aromatic rings. The van der Waals surface area contributed by atoms with Crippen molar-refractivity contribution >= 4 is 34.4 Å². The molecule has 0 saturated carbocycles. The summed E-state index contributed by atoms with van der Waals surface area (Å²) in [6, 6.07) is 5.40. The Bertz CT molecular complexity index is 1660. The first kappa shape index (κ1) is 48.9. The lowest BCUT2D eigenvalue weighted by Crippen LogP contribution is -2.46. The Labute approximate surface area is 347 Å². The van der Waals surface area contributed by atoms with E-state index in [9.17, 15) is 29.4 Å². The standard InChI is InChI=1S/C30H40N2O7.C17H32O2/c1-6-8-19-27(35)17(2)9-7-12-30(5)24(39-30)14-22(38-26(34)15-23(33)29(3,4)28(19)36)18-10-11-21-20(13-18)32-25(16-31)37-21;1-3-5-7-8-9-10-13-17(19)15-11-14-16(18)12-6-4-2/h1,10-11,13,17,19,22-24,27,33,35H,7-9,12,14-16,31H2,2-5H3;3-15H2,1-2H3/t17-,19+,22-,23-,24-,27-,30+;/m0./s1. The van der Waals surface area contributed by atoms with Crippen LogP contribution >= 0.6 is 0 Å². The molecule has 0 amide bonds. The summed E-state index contributed by atoms with van der Waals surface area (Å²) in [5.74, 6) is 1.54. The summed E-state index contributed by atoms with van der Waals surface area (Å²) in [5, 5.41) is 22.1. The van der Waals surface area contributed by atoms with E-state index in [1.807, 2.05) is 26.0 Å². The topological polar surface area (TPSA) is 183 Å². The van der Waals surface area contributed by atoms with Crippen LogP contribution in [-0.2, 0) is 35.2 Å². The number of esters is 1. The molecule has 0 bridgehead atoms. The maximum atomic E-state index is 13.6. The largest absolute Gasteiger partial charge is 0.457 e. The molecule has 2 aliphatic rings. The number of aliphatic hydroxyl groups is 2. The van der Waals surface area contributed by atoms with Crippen LogP contribution in [0.2, 0.25) is 0 Å². The Morgan fingerprint density at radius 1 is 0.948 bits per heavy atom. The van der Waals surface area contributed by atoms with Crippen LogP contribution in [-0.4, -0.2) is 62.4 Å². The second-order valence-electron chi connectivity index (χ2n) is 17.4. The number of ether oxygens (including phenoxy) is 2. The number of ketones is 3. The third-order valence-electron chi connectivity index (χ3n) is 12.1. The zero-order valence-electron chi connectivity index (χ0n) is 36.2. The summed E-state index contributed by atoms with van der Waals surface area (Å²) < 4.78 is 17.6. The smallest absolute Gasteiger partial charge is 0.309 e. The number of carbonyl (C=O) groups is 4. The molecule has 11 nitrogen and oxygen atoms in total. The van der Waals surface area contributed by atoms with E-state index in [1.54, 1.807) is 19.9 Å². The van der Waals surface area contributed by atoms with Crippen LogP contribution in [0.5, 0.6) is 0 Å². The van der Waals surface area contributed by atoms with Gasteiger partial charge in [-0.2, -0.15) is 0 Å². The van der Waals surface area contributed by atoms with Crippen LogP contribution in [0, 0.1) is 29.6 Å². The van der Waals surface area contributed by atoms with Crippen molar-refractivity contribution in [2.24, 2.45) is 23.0 Å². The molecule has 7 atom stereocenters. The SMILES string of the molecule is C#CC[C@H]1C(=O)C(C)(C)[C@@H](O)CC(=O)O[C@H](c2ccc3oc(CN)nc3c2)C[C@@H]2O[C@]2(C)CCC[C@H](C)[C@@H]1O.CCCCCCCCC(=O)CCCC(=O)CCCC. The fourth-order valence-electron chi connectivity index (χ4n) is 7.84. The average Bonchev–Trinajstić information content (AvgIpc) is 3.62. The number of fused-ring (bicyclic) bond motifs is 2. The van der Waals surface area contributed by atoms with Crippen molar-refractivity contribution in [3.05, 3.63) is 29.7 Å². The van der Waals surface area contributed by atoms with Crippen LogP contribution in [0.3, 0.4) is 0 Å². The lowest BCUT2D eigenvalue weighted by atomic mass is 9.71. The minimum absolute atomic E-state index is 0.0479. The zero-order chi connectivity index (χ0) is 42.9. The van der Waals surface area contributed by atoms with Crippen LogP contribution in [0.4, 0.5) is 0 Å². The summed E-state index contributed by atoms with van der Waals surface area (Å²) in [4.78, 5) is 54.1. The summed E-state index contributed by atoms with van der Waals surface area (Å²) in [6.07, 6.45) is 17.6. The highest BCUT2D eigenvalue weighted by Crippen LogP contribution is 2.47. The van der Waals surface area contributed by atoms with Gasteiger partial charge >= 0.3 is 5.97 Å². The highest BCUT2D eigenvalue weighted by atomic mass is 16.6. The van der Waals surface area contributed by atoms with Gasteiger partial charge in [-0.3, -0.25) is 19.2 Å². The third-order valence-corrected chi connectivity index (χ3v) is 12.1. The van der Waals surface area contributed by atoms with E-state index < -0.39 is 42.0 Å². The first-order chi connectivity index (χ1) is 27.6. The first-order valence-electron chi connectivity index (χ1n) is 21.9. The molecule has 2 fully saturated rings. The average molecular weight is 809 g/mol. The predicted molar refractivity (Wildman–Crippen MR) is 225 cm³/mol. The van der Waals surface area contributed by atoms with Crippen molar-refractivity contribution in [3.63, 3.8) is 0 Å². The van der Waals surface area contributed by atoms with Gasteiger partial charge in [0.05, 0.1) is 48.2 Å². The number of nitrogens with two attached hydrogens (primary N) is 1. The lowest BCUT2D eigenvalue weighted by Gasteiger charge is -2.35. The molecule has 58 heavy (non-hydrogen) atoms. The highest BCUT2D eigenvalue weighted by molar-refractivity contribution is 5.88. The van der Waals surface area contributed by atoms with Crippen molar-refractivity contribution in [2.45, 2.75) is 200 Å². The highest BCUT2D eigenvalue weighted by Gasteiger charge is 2.53. The number of aromatic nitrogens is 1. The molecule has 0 spiro atoms. The number of carbonyl (C=O) groups excluding carboxylic acids is 4. The number of benzene rings is 1. The molecule has 3 heterocycles.